The Labute approximate surface area is 107 Å². The molecule has 5 heteroatoms. The van der Waals surface area contributed by atoms with Gasteiger partial charge in [-0.2, -0.15) is 0 Å². The van der Waals surface area contributed by atoms with Crippen molar-refractivity contribution in [2.24, 2.45) is 5.92 Å². The van der Waals surface area contributed by atoms with E-state index in [4.69, 9.17) is 0 Å². The van der Waals surface area contributed by atoms with Gasteiger partial charge in [-0.1, -0.05) is 0 Å². The van der Waals surface area contributed by atoms with Gasteiger partial charge in [-0.3, -0.25) is 4.79 Å². The first kappa shape index (κ1) is 11.8. The van der Waals surface area contributed by atoms with Gasteiger partial charge in [-0.15, -0.1) is 0 Å². The van der Waals surface area contributed by atoms with E-state index >= 15 is 0 Å². The summed E-state index contributed by atoms with van der Waals surface area (Å²) in [6, 6.07) is 4.52. The predicted molar refractivity (Wildman–Crippen MR) is 67.8 cm³/mol. The van der Waals surface area contributed by atoms with Crippen LogP contribution in [0.4, 0.5) is 4.39 Å². The van der Waals surface area contributed by atoms with Crippen LogP contribution in [0, 0.1) is 15.3 Å². The molecule has 2 N–H and O–H groups in total. The summed E-state index contributed by atoms with van der Waals surface area (Å²) >= 11 is 1.90. The van der Waals surface area contributed by atoms with Crippen LogP contribution in [-0.2, 0) is 0 Å². The number of carbonyl (C=O) groups excluding carboxylic acids is 1. The lowest BCUT2D eigenvalue weighted by Crippen LogP contribution is -2.48. The zero-order valence-electron chi connectivity index (χ0n) is 8.59. The predicted octanol–water partition coefficient (Wildman–Crippen LogP) is 1.38. The highest BCUT2D eigenvalue weighted by atomic mass is 127. The van der Waals surface area contributed by atoms with Crippen LogP contribution < -0.4 is 10.6 Å². The molecule has 86 valence electrons. The van der Waals surface area contributed by atoms with Crippen LogP contribution in [0.25, 0.3) is 0 Å². The number of amides is 1. The number of halogens is 2. The van der Waals surface area contributed by atoms with Crippen molar-refractivity contribution >= 4 is 28.5 Å². The Kier molecular flexibility index (Phi) is 3.75. The fourth-order valence-corrected chi connectivity index (χ4v) is 1.80. The average molecular weight is 334 g/mol. The molecule has 0 radical (unpaired) electrons. The largest absolute Gasteiger partial charge is 0.352 e. The molecular weight excluding hydrogens is 322 g/mol. The SMILES string of the molecule is O=C(NCC1CNC1)c1ccc(I)c(F)c1. The molecule has 1 fully saturated rings. The summed E-state index contributed by atoms with van der Waals surface area (Å²) in [4.78, 5) is 11.7. The maximum absolute atomic E-state index is 13.2. The molecule has 16 heavy (non-hydrogen) atoms. The molecule has 1 saturated heterocycles. The van der Waals surface area contributed by atoms with Crippen LogP contribution >= 0.6 is 22.6 Å². The van der Waals surface area contributed by atoms with E-state index in [9.17, 15) is 9.18 Å². The number of benzene rings is 1. The van der Waals surface area contributed by atoms with Crippen LogP contribution in [0.1, 0.15) is 10.4 Å². The molecule has 3 nitrogen and oxygen atoms in total. The highest BCUT2D eigenvalue weighted by Gasteiger charge is 2.17. The fourth-order valence-electron chi connectivity index (χ4n) is 1.47. The van der Waals surface area contributed by atoms with Gasteiger partial charge in [0, 0.05) is 34.7 Å². The lowest BCUT2D eigenvalue weighted by atomic mass is 10.0. The van der Waals surface area contributed by atoms with Crippen molar-refractivity contribution in [3.63, 3.8) is 0 Å². The molecule has 1 aromatic carbocycles. The summed E-state index contributed by atoms with van der Waals surface area (Å²) < 4.78 is 13.7. The monoisotopic (exact) mass is 334 g/mol. The molecule has 1 aliphatic rings. The van der Waals surface area contributed by atoms with Gasteiger partial charge in [0.05, 0.1) is 0 Å². The van der Waals surface area contributed by atoms with Gasteiger partial charge in [0.25, 0.3) is 5.91 Å². The second-order valence-electron chi connectivity index (χ2n) is 3.86. The molecule has 0 unspecified atom stereocenters. The van der Waals surface area contributed by atoms with E-state index in [1.54, 1.807) is 12.1 Å². The highest BCUT2D eigenvalue weighted by Crippen LogP contribution is 2.12. The maximum Gasteiger partial charge on any atom is 0.251 e. The van der Waals surface area contributed by atoms with Crippen LogP contribution in [0.5, 0.6) is 0 Å². The molecule has 1 aromatic rings. The van der Waals surface area contributed by atoms with Crippen molar-refractivity contribution in [3.05, 3.63) is 33.1 Å². The van der Waals surface area contributed by atoms with E-state index < -0.39 is 0 Å². The number of nitrogens with one attached hydrogen (secondary N) is 2. The van der Waals surface area contributed by atoms with Gasteiger partial charge >= 0.3 is 0 Å². The molecule has 0 aliphatic carbocycles. The molecule has 0 saturated carbocycles. The first-order valence-electron chi connectivity index (χ1n) is 5.11. The Morgan fingerprint density at radius 1 is 1.56 bits per heavy atom. The molecule has 1 aliphatic heterocycles. The summed E-state index contributed by atoms with van der Waals surface area (Å²) in [6.07, 6.45) is 0. The van der Waals surface area contributed by atoms with Crippen LogP contribution in [0.2, 0.25) is 0 Å². The normalized spacial score (nSPS) is 15.6. The number of rotatable bonds is 3. The Bertz CT molecular complexity index is 407. The fraction of sp³-hybridized carbons (Fsp3) is 0.364. The zero-order valence-corrected chi connectivity index (χ0v) is 10.8. The van der Waals surface area contributed by atoms with Crippen molar-refractivity contribution in [1.29, 1.82) is 0 Å². The van der Waals surface area contributed by atoms with Crippen molar-refractivity contribution in [2.75, 3.05) is 19.6 Å². The van der Waals surface area contributed by atoms with Gasteiger partial charge in [0.1, 0.15) is 5.82 Å². The summed E-state index contributed by atoms with van der Waals surface area (Å²) in [5.41, 5.74) is 0.380. The maximum atomic E-state index is 13.2. The molecular formula is C11H12FIN2O. The highest BCUT2D eigenvalue weighted by molar-refractivity contribution is 14.1. The minimum absolute atomic E-state index is 0.206. The van der Waals surface area contributed by atoms with Crippen LogP contribution in [-0.4, -0.2) is 25.5 Å². The minimum atomic E-state index is -0.349. The van der Waals surface area contributed by atoms with Crippen molar-refractivity contribution < 1.29 is 9.18 Å². The molecule has 0 atom stereocenters. The first-order chi connectivity index (χ1) is 7.66. The molecule has 2 rings (SSSR count). The lowest BCUT2D eigenvalue weighted by Gasteiger charge is -2.27. The van der Waals surface area contributed by atoms with E-state index in [0.717, 1.165) is 13.1 Å². The number of hydrogen-bond donors (Lipinski definition) is 2. The standard InChI is InChI=1S/C11H12FIN2O/c12-9-3-8(1-2-10(9)13)11(16)15-6-7-4-14-5-7/h1-3,7,14H,4-6H2,(H,15,16). The Hall–Kier alpha value is -0.690. The Morgan fingerprint density at radius 3 is 2.88 bits per heavy atom. The third kappa shape index (κ3) is 2.70. The summed E-state index contributed by atoms with van der Waals surface area (Å²) in [7, 11) is 0. The van der Waals surface area contributed by atoms with Crippen molar-refractivity contribution in [1.82, 2.24) is 10.6 Å². The number of hydrogen-bond acceptors (Lipinski definition) is 2. The van der Waals surface area contributed by atoms with E-state index in [2.05, 4.69) is 10.6 Å². The van der Waals surface area contributed by atoms with Gasteiger partial charge in [-0.05, 0) is 40.8 Å². The lowest BCUT2D eigenvalue weighted by molar-refractivity contribution is 0.0941. The van der Waals surface area contributed by atoms with Gasteiger partial charge in [0.2, 0.25) is 0 Å². The Morgan fingerprint density at radius 2 is 2.31 bits per heavy atom. The summed E-state index contributed by atoms with van der Waals surface area (Å²) in [6.45, 7) is 2.54. The van der Waals surface area contributed by atoms with Crippen molar-refractivity contribution in [3.8, 4) is 0 Å². The third-order valence-electron chi connectivity index (χ3n) is 2.60. The third-order valence-corrected chi connectivity index (χ3v) is 3.47. The quantitative estimate of drug-likeness (QED) is 0.820. The van der Waals surface area contributed by atoms with Crippen molar-refractivity contribution in [2.45, 2.75) is 0 Å². The Balaban J connectivity index is 1.94. The molecule has 0 aromatic heterocycles. The van der Waals surface area contributed by atoms with E-state index in [1.165, 1.54) is 6.07 Å². The second-order valence-corrected chi connectivity index (χ2v) is 5.03. The van der Waals surface area contributed by atoms with Gasteiger partial charge in [0.15, 0.2) is 0 Å². The summed E-state index contributed by atoms with van der Waals surface area (Å²) in [5, 5.41) is 5.93. The first-order valence-corrected chi connectivity index (χ1v) is 6.18. The van der Waals surface area contributed by atoms with Crippen LogP contribution in [0.15, 0.2) is 18.2 Å². The molecule has 0 bridgehead atoms. The van der Waals surface area contributed by atoms with Crippen LogP contribution in [0.3, 0.4) is 0 Å². The molecule has 1 amide bonds. The smallest absolute Gasteiger partial charge is 0.251 e. The van der Waals surface area contributed by atoms with E-state index in [0.29, 0.717) is 21.6 Å². The topological polar surface area (TPSA) is 41.1 Å². The average Bonchev–Trinajstić information content (AvgIpc) is 2.19. The van der Waals surface area contributed by atoms with E-state index in [-0.39, 0.29) is 11.7 Å². The minimum Gasteiger partial charge on any atom is -0.352 e. The molecule has 0 spiro atoms. The summed E-state index contributed by atoms with van der Waals surface area (Å²) in [5.74, 6) is -0.0431. The van der Waals surface area contributed by atoms with E-state index in [1.807, 2.05) is 22.6 Å². The zero-order chi connectivity index (χ0) is 11.5. The number of carbonyl (C=O) groups is 1. The second kappa shape index (κ2) is 5.09. The van der Waals surface area contributed by atoms with Gasteiger partial charge in [-0.25, -0.2) is 4.39 Å². The van der Waals surface area contributed by atoms with Gasteiger partial charge < -0.3 is 10.6 Å². The molecule has 1 heterocycles.